The Morgan fingerprint density at radius 2 is 1.71 bits per heavy atom. The number of carbonyl (C=O) groups excluding carboxylic acids is 1. The van der Waals surface area contributed by atoms with Gasteiger partial charge in [-0.2, -0.15) is 10.2 Å². The lowest BCUT2D eigenvalue weighted by Crippen LogP contribution is -2.39. The number of amides is 1. The Morgan fingerprint density at radius 1 is 1.03 bits per heavy atom. The van der Waals surface area contributed by atoms with Crippen molar-refractivity contribution in [2.24, 2.45) is 0 Å². The van der Waals surface area contributed by atoms with E-state index in [4.69, 9.17) is 0 Å². The summed E-state index contributed by atoms with van der Waals surface area (Å²) in [7, 11) is 0. The molecule has 2 aromatic carbocycles. The summed E-state index contributed by atoms with van der Waals surface area (Å²) in [5.74, 6) is 0.309. The Hall–Kier alpha value is -3.74. The molecule has 0 saturated heterocycles. The predicted molar refractivity (Wildman–Crippen MR) is 120 cm³/mol. The minimum absolute atomic E-state index is 0.00659. The largest absolute Gasteiger partial charge is 0.352 e. The van der Waals surface area contributed by atoms with Gasteiger partial charge in [0.25, 0.3) is 5.56 Å². The van der Waals surface area contributed by atoms with E-state index in [0.717, 1.165) is 18.4 Å². The molecule has 4 aromatic rings. The lowest BCUT2D eigenvalue weighted by atomic mass is 10.1. The molecular weight excluding hydrogens is 390 g/mol. The molecule has 0 fully saturated rings. The van der Waals surface area contributed by atoms with Crippen LogP contribution in [0.15, 0.2) is 71.5 Å². The Balaban J connectivity index is 1.47. The Morgan fingerprint density at radius 3 is 2.42 bits per heavy atom. The molecule has 0 spiro atoms. The molecule has 0 bridgehead atoms. The van der Waals surface area contributed by atoms with Crippen molar-refractivity contribution >= 4 is 11.4 Å². The second-order valence-electron chi connectivity index (χ2n) is 7.70. The van der Waals surface area contributed by atoms with Crippen molar-refractivity contribution in [3.05, 3.63) is 88.5 Å². The van der Waals surface area contributed by atoms with Gasteiger partial charge in [-0.15, -0.1) is 0 Å². The lowest BCUT2D eigenvalue weighted by molar-refractivity contribution is -0.122. The van der Waals surface area contributed by atoms with Crippen LogP contribution in [0.5, 0.6) is 0 Å². The highest BCUT2D eigenvalue weighted by atomic mass is 16.2. The third-order valence-electron chi connectivity index (χ3n) is 5.21. The molecule has 0 aliphatic heterocycles. The van der Waals surface area contributed by atoms with Crippen molar-refractivity contribution in [3.8, 4) is 11.3 Å². The van der Waals surface area contributed by atoms with Crippen LogP contribution >= 0.6 is 0 Å². The molecule has 2 heterocycles. The van der Waals surface area contributed by atoms with E-state index < -0.39 is 0 Å². The fraction of sp³-hybridized carbons (Fsp3) is 0.250. The number of aromatic nitrogens is 4. The van der Waals surface area contributed by atoms with Gasteiger partial charge in [0.1, 0.15) is 17.9 Å². The Kier molecular flexibility index (Phi) is 5.93. The van der Waals surface area contributed by atoms with Gasteiger partial charge in [-0.1, -0.05) is 60.7 Å². The van der Waals surface area contributed by atoms with Crippen LogP contribution in [0.1, 0.15) is 24.7 Å². The summed E-state index contributed by atoms with van der Waals surface area (Å²) in [5.41, 5.74) is 2.90. The molecule has 158 valence electrons. The standard InChI is InChI=1S/C24H25N5O2/c1-17(13-14-19-9-5-3-6-10-19)25-23(30)16-28-24(31)22-15-21(20-11-7-4-8-12-20)27-29(22)18(2)26-28/h3-12,15,17H,13-14,16H2,1-2H3,(H,25,30). The number of nitrogens with one attached hydrogen (secondary N) is 1. The molecule has 0 aliphatic rings. The van der Waals surface area contributed by atoms with Crippen LogP contribution < -0.4 is 10.9 Å². The highest BCUT2D eigenvalue weighted by Gasteiger charge is 2.15. The second-order valence-corrected chi connectivity index (χ2v) is 7.70. The van der Waals surface area contributed by atoms with Crippen LogP contribution in [0.4, 0.5) is 0 Å². The summed E-state index contributed by atoms with van der Waals surface area (Å²) in [5, 5.41) is 11.8. The van der Waals surface area contributed by atoms with Crippen molar-refractivity contribution in [2.45, 2.75) is 39.3 Å². The number of benzene rings is 2. The average molecular weight is 415 g/mol. The van der Waals surface area contributed by atoms with E-state index in [9.17, 15) is 9.59 Å². The van der Waals surface area contributed by atoms with Crippen LogP contribution in [0.25, 0.3) is 16.8 Å². The molecule has 7 nitrogen and oxygen atoms in total. The van der Waals surface area contributed by atoms with Gasteiger partial charge in [-0.25, -0.2) is 9.20 Å². The van der Waals surface area contributed by atoms with Gasteiger partial charge < -0.3 is 5.32 Å². The molecule has 4 rings (SSSR count). The second kappa shape index (κ2) is 8.95. The predicted octanol–water partition coefficient (Wildman–Crippen LogP) is 3.00. The quantitative estimate of drug-likeness (QED) is 0.503. The van der Waals surface area contributed by atoms with Crippen LogP contribution in [0.3, 0.4) is 0 Å². The van der Waals surface area contributed by atoms with E-state index in [1.807, 2.05) is 55.5 Å². The fourth-order valence-corrected chi connectivity index (χ4v) is 3.59. The zero-order chi connectivity index (χ0) is 21.8. The zero-order valence-corrected chi connectivity index (χ0v) is 17.7. The maximum absolute atomic E-state index is 12.9. The van der Waals surface area contributed by atoms with Gasteiger partial charge in [0.05, 0.1) is 5.69 Å². The molecule has 1 atom stereocenters. The van der Waals surface area contributed by atoms with Crippen molar-refractivity contribution < 1.29 is 4.79 Å². The van der Waals surface area contributed by atoms with Gasteiger partial charge in [-0.3, -0.25) is 9.59 Å². The van der Waals surface area contributed by atoms with E-state index in [2.05, 4.69) is 27.6 Å². The highest BCUT2D eigenvalue weighted by Crippen LogP contribution is 2.18. The van der Waals surface area contributed by atoms with Crippen LogP contribution in [0.2, 0.25) is 0 Å². The van der Waals surface area contributed by atoms with Crippen LogP contribution in [-0.4, -0.2) is 31.3 Å². The number of hydrogen-bond donors (Lipinski definition) is 1. The highest BCUT2D eigenvalue weighted by molar-refractivity contribution is 5.76. The molecular formula is C24H25N5O2. The Labute approximate surface area is 180 Å². The van der Waals surface area contributed by atoms with E-state index in [-0.39, 0.29) is 24.1 Å². The summed E-state index contributed by atoms with van der Waals surface area (Å²) in [6.45, 7) is 3.61. The third-order valence-corrected chi connectivity index (χ3v) is 5.21. The molecule has 2 aromatic heterocycles. The van der Waals surface area contributed by atoms with Crippen LogP contribution in [-0.2, 0) is 17.8 Å². The number of nitrogens with zero attached hydrogens (tertiary/aromatic N) is 4. The van der Waals surface area contributed by atoms with Crippen molar-refractivity contribution in [1.82, 2.24) is 24.7 Å². The molecule has 1 amide bonds. The molecule has 0 saturated carbocycles. The molecule has 31 heavy (non-hydrogen) atoms. The number of rotatable bonds is 7. The fourth-order valence-electron chi connectivity index (χ4n) is 3.59. The van der Waals surface area contributed by atoms with Gasteiger partial charge in [0, 0.05) is 11.6 Å². The van der Waals surface area contributed by atoms with Gasteiger partial charge in [0.15, 0.2) is 0 Å². The lowest BCUT2D eigenvalue weighted by Gasteiger charge is -2.14. The summed E-state index contributed by atoms with van der Waals surface area (Å²) in [6.07, 6.45) is 1.70. The number of fused-ring (bicyclic) bond motifs is 1. The van der Waals surface area contributed by atoms with Gasteiger partial charge >= 0.3 is 0 Å². The summed E-state index contributed by atoms with van der Waals surface area (Å²) in [6, 6.07) is 21.5. The minimum Gasteiger partial charge on any atom is -0.352 e. The number of carbonyl (C=O) groups is 1. The zero-order valence-electron chi connectivity index (χ0n) is 17.7. The first-order valence-corrected chi connectivity index (χ1v) is 10.4. The average Bonchev–Trinajstić information content (AvgIpc) is 3.24. The van der Waals surface area contributed by atoms with Crippen molar-refractivity contribution in [3.63, 3.8) is 0 Å². The summed E-state index contributed by atoms with van der Waals surface area (Å²) >= 11 is 0. The first kappa shape index (κ1) is 20.5. The Bertz CT molecular complexity index is 1250. The molecule has 1 N–H and O–H groups in total. The van der Waals surface area contributed by atoms with Crippen molar-refractivity contribution in [1.29, 1.82) is 0 Å². The topological polar surface area (TPSA) is 81.3 Å². The normalized spacial score (nSPS) is 12.1. The molecule has 1 unspecified atom stereocenters. The molecule has 0 radical (unpaired) electrons. The first-order valence-electron chi connectivity index (χ1n) is 10.4. The number of hydrogen-bond acceptors (Lipinski definition) is 4. The maximum atomic E-state index is 12.9. The van der Waals surface area contributed by atoms with Gasteiger partial charge in [0.2, 0.25) is 5.91 Å². The monoisotopic (exact) mass is 415 g/mol. The molecule has 7 heteroatoms. The van der Waals surface area contributed by atoms with Crippen LogP contribution in [0, 0.1) is 6.92 Å². The number of aryl methyl sites for hydroxylation is 2. The summed E-state index contributed by atoms with van der Waals surface area (Å²) in [4.78, 5) is 25.4. The van der Waals surface area contributed by atoms with Gasteiger partial charge in [-0.05, 0) is 38.3 Å². The van der Waals surface area contributed by atoms with E-state index in [0.29, 0.717) is 17.0 Å². The maximum Gasteiger partial charge on any atom is 0.293 e. The smallest absolute Gasteiger partial charge is 0.293 e. The molecule has 0 aliphatic carbocycles. The first-order chi connectivity index (χ1) is 15.0. The van der Waals surface area contributed by atoms with Crippen molar-refractivity contribution in [2.75, 3.05) is 0 Å². The minimum atomic E-state index is -0.340. The SMILES string of the molecule is Cc1nn(CC(=O)NC(C)CCc2ccccc2)c(=O)c2cc(-c3ccccc3)nn12. The van der Waals surface area contributed by atoms with E-state index in [1.165, 1.54) is 14.8 Å². The third kappa shape index (κ3) is 4.71. The van der Waals surface area contributed by atoms with E-state index in [1.54, 1.807) is 13.0 Å². The summed E-state index contributed by atoms with van der Waals surface area (Å²) < 4.78 is 2.74. The van der Waals surface area contributed by atoms with E-state index >= 15 is 0 Å².